The number of halogens is 2. The molecule has 0 saturated carbocycles. The maximum absolute atomic E-state index is 13.1. The third-order valence-corrected chi connectivity index (χ3v) is 4.14. The molecular weight excluding hydrogens is 329 g/mol. The Bertz CT molecular complexity index is 699. The summed E-state index contributed by atoms with van der Waals surface area (Å²) in [7, 11) is 0. The minimum atomic E-state index is -0.281. The zero-order valence-corrected chi connectivity index (χ0v) is 12.4. The zero-order valence-electron chi connectivity index (χ0n) is 9.96. The van der Waals surface area contributed by atoms with E-state index in [2.05, 4.69) is 31.2 Å². The molecule has 98 valence electrons. The normalized spacial score (nSPS) is 14.2. The van der Waals surface area contributed by atoms with Crippen LogP contribution in [0.1, 0.15) is 11.3 Å². The maximum atomic E-state index is 13.1. The van der Waals surface area contributed by atoms with Crippen LogP contribution < -0.4 is 5.32 Å². The summed E-state index contributed by atoms with van der Waals surface area (Å²) < 4.78 is 14.4. The van der Waals surface area contributed by atoms with Gasteiger partial charge in [-0.2, -0.15) is 0 Å². The van der Waals surface area contributed by atoms with Crippen LogP contribution in [0.25, 0.3) is 11.4 Å². The number of aromatic amines is 1. The van der Waals surface area contributed by atoms with Gasteiger partial charge < -0.3 is 10.3 Å². The first-order valence-corrected chi connectivity index (χ1v) is 7.13. The Balaban J connectivity index is 2.15. The van der Waals surface area contributed by atoms with E-state index in [4.69, 9.17) is 12.2 Å². The highest BCUT2D eigenvalue weighted by atomic mass is 79.9. The van der Waals surface area contributed by atoms with E-state index >= 15 is 0 Å². The molecule has 0 atom stereocenters. The fourth-order valence-corrected chi connectivity index (χ4v) is 3.00. The van der Waals surface area contributed by atoms with Crippen LogP contribution in [0.15, 0.2) is 22.7 Å². The van der Waals surface area contributed by atoms with Crippen molar-refractivity contribution in [2.45, 2.75) is 13.0 Å². The van der Waals surface area contributed by atoms with E-state index in [0.29, 0.717) is 14.9 Å². The van der Waals surface area contributed by atoms with Crippen molar-refractivity contribution in [2.24, 2.45) is 0 Å². The lowest BCUT2D eigenvalue weighted by Gasteiger charge is -2.18. The van der Waals surface area contributed by atoms with Crippen molar-refractivity contribution in [3.63, 3.8) is 0 Å². The summed E-state index contributed by atoms with van der Waals surface area (Å²) in [4.78, 5) is 7.73. The highest BCUT2D eigenvalue weighted by Gasteiger charge is 2.14. The Hall–Kier alpha value is -1.11. The molecule has 1 aliphatic rings. The summed E-state index contributed by atoms with van der Waals surface area (Å²) in [6.07, 6.45) is 0.896. The molecule has 0 radical (unpaired) electrons. The van der Waals surface area contributed by atoms with Crippen LogP contribution in [0.2, 0.25) is 0 Å². The van der Waals surface area contributed by atoms with Gasteiger partial charge >= 0.3 is 0 Å². The van der Waals surface area contributed by atoms with E-state index in [-0.39, 0.29) is 5.82 Å². The van der Waals surface area contributed by atoms with E-state index in [0.717, 1.165) is 36.3 Å². The molecule has 2 aromatic rings. The van der Waals surface area contributed by atoms with Crippen LogP contribution in [0, 0.1) is 10.5 Å². The van der Waals surface area contributed by atoms with Gasteiger partial charge in [-0.25, -0.2) is 9.37 Å². The number of fused-ring (bicyclic) bond motifs is 1. The highest BCUT2D eigenvalue weighted by Crippen LogP contribution is 2.27. The van der Waals surface area contributed by atoms with Gasteiger partial charge in [0.1, 0.15) is 16.3 Å². The van der Waals surface area contributed by atoms with Gasteiger partial charge in [0, 0.05) is 40.8 Å². The fourth-order valence-electron chi connectivity index (χ4n) is 2.18. The third kappa shape index (κ3) is 2.48. The highest BCUT2D eigenvalue weighted by molar-refractivity contribution is 9.10. The molecular formula is C13H11BrFN3S. The second-order valence-corrected chi connectivity index (χ2v) is 5.64. The monoisotopic (exact) mass is 339 g/mol. The van der Waals surface area contributed by atoms with Gasteiger partial charge in [0.05, 0.1) is 0 Å². The van der Waals surface area contributed by atoms with Gasteiger partial charge in [0.15, 0.2) is 0 Å². The Kier molecular flexibility index (Phi) is 3.47. The Morgan fingerprint density at radius 3 is 3.00 bits per heavy atom. The quantitative estimate of drug-likeness (QED) is 0.783. The number of aromatic nitrogens is 2. The standard InChI is InChI=1S/C13H11BrFN3S/c14-10-5-7(15)1-2-8(10)12-17-11-3-4-16-6-9(11)13(19)18-12/h1-2,5,16H,3-4,6H2,(H,17,18,19). The predicted octanol–water partition coefficient (Wildman–Crippen LogP) is 3.35. The van der Waals surface area contributed by atoms with Gasteiger partial charge in [0.25, 0.3) is 0 Å². The molecule has 0 bridgehead atoms. The van der Waals surface area contributed by atoms with Crippen LogP contribution in [-0.2, 0) is 13.0 Å². The number of rotatable bonds is 1. The Morgan fingerprint density at radius 2 is 2.21 bits per heavy atom. The maximum Gasteiger partial charge on any atom is 0.140 e. The summed E-state index contributed by atoms with van der Waals surface area (Å²) in [5.74, 6) is 0.397. The Morgan fingerprint density at radius 1 is 1.37 bits per heavy atom. The van der Waals surface area contributed by atoms with Crippen molar-refractivity contribution >= 4 is 28.1 Å². The zero-order chi connectivity index (χ0) is 13.4. The summed E-state index contributed by atoms with van der Waals surface area (Å²) in [5.41, 5.74) is 2.99. The topological polar surface area (TPSA) is 40.7 Å². The minimum Gasteiger partial charge on any atom is -0.343 e. The molecule has 0 fully saturated rings. The SMILES string of the molecule is Fc1ccc(-c2nc(=S)c3c([nH]2)CCNC3)c(Br)c1. The molecule has 0 aliphatic carbocycles. The van der Waals surface area contributed by atoms with E-state index in [1.165, 1.54) is 12.1 Å². The first-order chi connectivity index (χ1) is 9.15. The lowest BCUT2D eigenvalue weighted by molar-refractivity contribution is 0.623. The lowest BCUT2D eigenvalue weighted by Crippen LogP contribution is -2.25. The van der Waals surface area contributed by atoms with E-state index in [9.17, 15) is 4.39 Å². The molecule has 3 nitrogen and oxygen atoms in total. The number of hydrogen-bond donors (Lipinski definition) is 2. The first kappa shape index (κ1) is 12.9. The molecule has 0 spiro atoms. The van der Waals surface area contributed by atoms with Crippen LogP contribution in [0.5, 0.6) is 0 Å². The average Bonchev–Trinajstić information content (AvgIpc) is 2.38. The van der Waals surface area contributed by atoms with Crippen LogP contribution in [-0.4, -0.2) is 16.5 Å². The lowest BCUT2D eigenvalue weighted by atomic mass is 10.1. The van der Waals surface area contributed by atoms with Crippen molar-refractivity contribution in [3.05, 3.63) is 44.4 Å². The number of H-pyrrole nitrogens is 1. The smallest absolute Gasteiger partial charge is 0.140 e. The van der Waals surface area contributed by atoms with Crippen molar-refractivity contribution in [2.75, 3.05) is 6.54 Å². The van der Waals surface area contributed by atoms with Crippen molar-refractivity contribution in [1.29, 1.82) is 0 Å². The van der Waals surface area contributed by atoms with E-state index in [1.807, 2.05) is 0 Å². The summed E-state index contributed by atoms with van der Waals surface area (Å²) >= 11 is 8.69. The van der Waals surface area contributed by atoms with Gasteiger partial charge in [-0.15, -0.1) is 0 Å². The number of nitrogens with zero attached hydrogens (tertiary/aromatic N) is 1. The van der Waals surface area contributed by atoms with Crippen molar-refractivity contribution in [1.82, 2.24) is 15.3 Å². The van der Waals surface area contributed by atoms with Crippen LogP contribution >= 0.6 is 28.1 Å². The fraction of sp³-hybridized carbons (Fsp3) is 0.231. The molecule has 1 aliphatic heterocycles. The molecule has 2 N–H and O–H groups in total. The average molecular weight is 340 g/mol. The molecule has 2 heterocycles. The van der Waals surface area contributed by atoms with E-state index < -0.39 is 0 Å². The minimum absolute atomic E-state index is 0.281. The van der Waals surface area contributed by atoms with Gasteiger partial charge in [-0.1, -0.05) is 12.2 Å². The molecule has 1 aromatic heterocycles. The van der Waals surface area contributed by atoms with Crippen LogP contribution in [0.4, 0.5) is 4.39 Å². The molecule has 3 rings (SSSR count). The molecule has 0 unspecified atom stereocenters. The second kappa shape index (κ2) is 5.11. The third-order valence-electron chi connectivity index (χ3n) is 3.14. The van der Waals surface area contributed by atoms with E-state index in [1.54, 1.807) is 6.07 Å². The van der Waals surface area contributed by atoms with Gasteiger partial charge in [-0.05, 0) is 34.1 Å². The number of hydrogen-bond acceptors (Lipinski definition) is 3. The molecule has 0 amide bonds. The van der Waals surface area contributed by atoms with Crippen molar-refractivity contribution in [3.8, 4) is 11.4 Å². The number of nitrogens with one attached hydrogen (secondary N) is 2. The summed E-state index contributed by atoms with van der Waals surface area (Å²) in [6, 6.07) is 4.54. The van der Waals surface area contributed by atoms with Crippen molar-refractivity contribution < 1.29 is 4.39 Å². The largest absolute Gasteiger partial charge is 0.343 e. The molecule has 1 aromatic carbocycles. The van der Waals surface area contributed by atoms with Crippen LogP contribution in [0.3, 0.4) is 0 Å². The van der Waals surface area contributed by atoms with Gasteiger partial charge in [-0.3, -0.25) is 0 Å². The molecule has 6 heteroatoms. The Labute approximate surface area is 123 Å². The van der Waals surface area contributed by atoms with Gasteiger partial charge in [0.2, 0.25) is 0 Å². The second-order valence-electron chi connectivity index (χ2n) is 4.40. The number of benzene rings is 1. The summed E-state index contributed by atoms with van der Waals surface area (Å²) in [5, 5.41) is 3.27. The predicted molar refractivity (Wildman–Crippen MR) is 77.9 cm³/mol. The molecule has 0 saturated heterocycles. The summed E-state index contributed by atoms with van der Waals surface area (Å²) in [6.45, 7) is 1.68. The first-order valence-electron chi connectivity index (χ1n) is 5.93. The molecule has 19 heavy (non-hydrogen) atoms.